The summed E-state index contributed by atoms with van der Waals surface area (Å²) in [5.74, 6) is 1.66. The molecule has 0 saturated carbocycles. The summed E-state index contributed by atoms with van der Waals surface area (Å²) in [5.41, 5.74) is 1.07. The molecule has 1 amide bonds. The fourth-order valence-electron chi connectivity index (χ4n) is 3.06. The third-order valence-electron chi connectivity index (χ3n) is 4.25. The van der Waals surface area contributed by atoms with Crippen LogP contribution in [-0.2, 0) is 4.79 Å². The quantitative estimate of drug-likeness (QED) is 0.849. The first kappa shape index (κ1) is 16.8. The molecular weight excluding hydrogens is 276 g/mol. The summed E-state index contributed by atoms with van der Waals surface area (Å²) < 4.78 is 5.47. The van der Waals surface area contributed by atoms with Gasteiger partial charge in [0.05, 0.1) is 13.2 Å². The van der Waals surface area contributed by atoms with E-state index in [1.54, 1.807) is 7.11 Å². The molecule has 1 saturated heterocycles. The summed E-state index contributed by atoms with van der Waals surface area (Å²) >= 11 is 0. The molecule has 0 aliphatic carbocycles. The van der Waals surface area contributed by atoms with E-state index in [-0.39, 0.29) is 17.9 Å². The highest BCUT2D eigenvalue weighted by molar-refractivity contribution is 5.79. The third-order valence-corrected chi connectivity index (χ3v) is 4.25. The van der Waals surface area contributed by atoms with Gasteiger partial charge in [0.15, 0.2) is 0 Å². The van der Waals surface area contributed by atoms with Crippen molar-refractivity contribution in [1.82, 2.24) is 10.6 Å². The molecular formula is C18H28N2O2. The predicted molar refractivity (Wildman–Crippen MR) is 88.9 cm³/mol. The molecule has 1 aromatic rings. The highest BCUT2D eigenvalue weighted by Crippen LogP contribution is 2.30. The molecule has 22 heavy (non-hydrogen) atoms. The van der Waals surface area contributed by atoms with E-state index >= 15 is 0 Å². The van der Waals surface area contributed by atoms with Gasteiger partial charge >= 0.3 is 0 Å². The Kier molecular flexibility index (Phi) is 6.25. The lowest BCUT2D eigenvalue weighted by Crippen LogP contribution is -2.40. The summed E-state index contributed by atoms with van der Waals surface area (Å²) in [6, 6.07) is 7.98. The SMILES string of the molecule is COc1ccccc1C(CC(C)C)NC(=O)C1CCNCC1. The smallest absolute Gasteiger partial charge is 0.223 e. The van der Waals surface area contributed by atoms with E-state index in [9.17, 15) is 4.79 Å². The molecule has 1 atom stereocenters. The molecule has 122 valence electrons. The van der Waals surface area contributed by atoms with Gasteiger partial charge in [0, 0.05) is 11.5 Å². The minimum atomic E-state index is 0.0125. The van der Waals surface area contributed by atoms with Crippen molar-refractivity contribution in [2.75, 3.05) is 20.2 Å². The molecule has 1 aliphatic heterocycles. The van der Waals surface area contributed by atoms with Crippen LogP contribution in [0.4, 0.5) is 0 Å². The van der Waals surface area contributed by atoms with E-state index in [0.29, 0.717) is 5.92 Å². The zero-order valence-electron chi connectivity index (χ0n) is 13.9. The number of piperidine rings is 1. The number of carbonyl (C=O) groups excluding carboxylic acids is 1. The Hall–Kier alpha value is -1.55. The van der Waals surface area contributed by atoms with Gasteiger partial charge in [-0.3, -0.25) is 4.79 Å². The van der Waals surface area contributed by atoms with Gasteiger partial charge in [-0.05, 0) is 44.3 Å². The van der Waals surface area contributed by atoms with Gasteiger partial charge in [-0.2, -0.15) is 0 Å². The van der Waals surface area contributed by atoms with Crippen molar-refractivity contribution in [2.45, 2.75) is 39.2 Å². The molecule has 1 aliphatic rings. The van der Waals surface area contributed by atoms with Crippen LogP contribution in [0.15, 0.2) is 24.3 Å². The lowest BCUT2D eigenvalue weighted by molar-refractivity contribution is -0.126. The lowest BCUT2D eigenvalue weighted by Gasteiger charge is -2.27. The number of nitrogens with one attached hydrogen (secondary N) is 2. The number of carbonyl (C=O) groups is 1. The van der Waals surface area contributed by atoms with E-state index < -0.39 is 0 Å². The van der Waals surface area contributed by atoms with E-state index in [1.165, 1.54) is 0 Å². The van der Waals surface area contributed by atoms with Gasteiger partial charge in [-0.15, -0.1) is 0 Å². The second-order valence-corrected chi connectivity index (χ2v) is 6.46. The number of benzene rings is 1. The molecule has 1 aromatic carbocycles. The molecule has 1 fully saturated rings. The Balaban J connectivity index is 2.13. The maximum Gasteiger partial charge on any atom is 0.223 e. The van der Waals surface area contributed by atoms with Crippen LogP contribution in [0.5, 0.6) is 5.75 Å². The number of para-hydroxylation sites is 1. The number of amides is 1. The third kappa shape index (κ3) is 4.47. The van der Waals surface area contributed by atoms with Crippen LogP contribution in [-0.4, -0.2) is 26.1 Å². The van der Waals surface area contributed by atoms with Crippen molar-refractivity contribution in [3.05, 3.63) is 29.8 Å². The zero-order valence-corrected chi connectivity index (χ0v) is 13.9. The summed E-state index contributed by atoms with van der Waals surface area (Å²) in [5, 5.41) is 6.57. The van der Waals surface area contributed by atoms with Crippen LogP contribution in [0.2, 0.25) is 0 Å². The second kappa shape index (κ2) is 8.18. The van der Waals surface area contributed by atoms with E-state index in [1.807, 2.05) is 18.2 Å². The minimum absolute atomic E-state index is 0.0125. The van der Waals surface area contributed by atoms with Gasteiger partial charge in [-0.1, -0.05) is 32.0 Å². The number of hydrogen-bond acceptors (Lipinski definition) is 3. The van der Waals surface area contributed by atoms with Gasteiger partial charge in [0.25, 0.3) is 0 Å². The van der Waals surface area contributed by atoms with Crippen LogP contribution in [0.3, 0.4) is 0 Å². The Morgan fingerprint density at radius 1 is 1.32 bits per heavy atom. The fraction of sp³-hybridized carbons (Fsp3) is 0.611. The maximum atomic E-state index is 12.6. The molecule has 2 rings (SSSR count). The Morgan fingerprint density at radius 3 is 2.64 bits per heavy atom. The van der Waals surface area contributed by atoms with Gasteiger partial charge in [-0.25, -0.2) is 0 Å². The van der Waals surface area contributed by atoms with Crippen LogP contribution in [0.25, 0.3) is 0 Å². The van der Waals surface area contributed by atoms with Crippen molar-refractivity contribution in [3.8, 4) is 5.75 Å². The topological polar surface area (TPSA) is 50.4 Å². The van der Waals surface area contributed by atoms with Crippen LogP contribution in [0.1, 0.15) is 44.7 Å². The van der Waals surface area contributed by atoms with Gasteiger partial charge in [0.1, 0.15) is 5.75 Å². The first-order chi connectivity index (χ1) is 10.6. The summed E-state index contributed by atoms with van der Waals surface area (Å²) in [4.78, 5) is 12.6. The molecule has 4 heteroatoms. The second-order valence-electron chi connectivity index (χ2n) is 6.46. The average Bonchev–Trinajstić information content (AvgIpc) is 2.54. The monoisotopic (exact) mass is 304 g/mol. The largest absolute Gasteiger partial charge is 0.496 e. The molecule has 0 aromatic heterocycles. The first-order valence-electron chi connectivity index (χ1n) is 8.25. The summed E-state index contributed by atoms with van der Waals surface area (Å²) in [6.07, 6.45) is 2.76. The average molecular weight is 304 g/mol. The molecule has 2 N–H and O–H groups in total. The Labute approximate surface area is 133 Å². The van der Waals surface area contributed by atoms with Crippen LogP contribution in [0, 0.1) is 11.8 Å². The van der Waals surface area contributed by atoms with E-state index in [2.05, 4.69) is 30.5 Å². The molecule has 1 unspecified atom stereocenters. The fourth-order valence-corrected chi connectivity index (χ4v) is 3.06. The normalized spacial score (nSPS) is 17.3. The number of methoxy groups -OCH3 is 1. The molecule has 0 radical (unpaired) electrons. The minimum Gasteiger partial charge on any atom is -0.496 e. The van der Waals surface area contributed by atoms with E-state index in [0.717, 1.165) is 43.7 Å². The number of rotatable bonds is 6. The molecule has 0 bridgehead atoms. The van der Waals surface area contributed by atoms with Crippen LogP contribution >= 0.6 is 0 Å². The van der Waals surface area contributed by atoms with Crippen molar-refractivity contribution < 1.29 is 9.53 Å². The van der Waals surface area contributed by atoms with Crippen LogP contribution < -0.4 is 15.4 Å². The Morgan fingerprint density at radius 2 is 2.00 bits per heavy atom. The summed E-state index contributed by atoms with van der Waals surface area (Å²) in [6.45, 7) is 6.22. The Bertz CT molecular complexity index is 482. The molecule has 1 heterocycles. The van der Waals surface area contributed by atoms with Gasteiger partial charge in [0.2, 0.25) is 5.91 Å². The number of hydrogen-bond donors (Lipinski definition) is 2. The lowest BCUT2D eigenvalue weighted by atomic mass is 9.93. The van der Waals surface area contributed by atoms with Gasteiger partial charge < -0.3 is 15.4 Å². The zero-order chi connectivity index (χ0) is 15.9. The predicted octanol–water partition coefficient (Wildman–Crippen LogP) is 2.90. The maximum absolute atomic E-state index is 12.6. The van der Waals surface area contributed by atoms with Crippen molar-refractivity contribution in [3.63, 3.8) is 0 Å². The summed E-state index contributed by atoms with van der Waals surface area (Å²) in [7, 11) is 1.68. The highest BCUT2D eigenvalue weighted by Gasteiger charge is 2.25. The first-order valence-corrected chi connectivity index (χ1v) is 8.25. The molecule has 4 nitrogen and oxygen atoms in total. The van der Waals surface area contributed by atoms with Crippen molar-refractivity contribution >= 4 is 5.91 Å². The standard InChI is InChI=1S/C18H28N2O2/c1-13(2)12-16(15-6-4-5-7-17(15)22-3)20-18(21)14-8-10-19-11-9-14/h4-7,13-14,16,19H,8-12H2,1-3H3,(H,20,21). The molecule has 0 spiro atoms. The van der Waals surface area contributed by atoms with E-state index in [4.69, 9.17) is 4.74 Å². The van der Waals surface area contributed by atoms with Crippen molar-refractivity contribution in [2.24, 2.45) is 11.8 Å². The van der Waals surface area contributed by atoms with Crippen molar-refractivity contribution in [1.29, 1.82) is 0 Å². The number of ether oxygens (including phenoxy) is 1. The highest BCUT2D eigenvalue weighted by atomic mass is 16.5.